The van der Waals surface area contributed by atoms with Gasteiger partial charge in [-0.3, -0.25) is 0 Å². The Hall–Kier alpha value is -0.490. The van der Waals surface area contributed by atoms with Crippen molar-refractivity contribution in [3.8, 4) is 0 Å². The standard InChI is InChI=1S/C9H6Br2F2O2/c10-7-3-1-6(2-4-7)8(14)15-5-9(11,12)13/h1-4H,5H2. The van der Waals surface area contributed by atoms with Gasteiger partial charge in [0.05, 0.1) is 5.56 Å². The molecule has 1 aromatic rings. The maximum Gasteiger partial charge on any atom is 0.338 e. The normalized spacial score (nSPS) is 11.2. The largest absolute Gasteiger partial charge is 0.455 e. The van der Waals surface area contributed by atoms with Crippen molar-refractivity contribution in [1.82, 2.24) is 0 Å². The maximum atomic E-state index is 12.3. The molecule has 0 spiro atoms. The number of hydrogen-bond acceptors (Lipinski definition) is 2. The molecule has 0 N–H and O–H groups in total. The van der Waals surface area contributed by atoms with Gasteiger partial charge in [-0.1, -0.05) is 15.9 Å². The van der Waals surface area contributed by atoms with E-state index in [2.05, 4.69) is 36.6 Å². The molecular formula is C9H6Br2F2O2. The molecule has 6 heteroatoms. The highest BCUT2D eigenvalue weighted by atomic mass is 79.9. The van der Waals surface area contributed by atoms with Crippen molar-refractivity contribution in [1.29, 1.82) is 0 Å². The Balaban J connectivity index is 2.58. The van der Waals surface area contributed by atoms with Crippen LogP contribution in [0.1, 0.15) is 10.4 Å². The summed E-state index contributed by atoms with van der Waals surface area (Å²) in [4.78, 5) is 8.03. The van der Waals surface area contributed by atoms with Gasteiger partial charge >= 0.3 is 10.8 Å². The van der Waals surface area contributed by atoms with Gasteiger partial charge in [0.2, 0.25) is 0 Å². The van der Waals surface area contributed by atoms with E-state index in [1.807, 2.05) is 0 Å². The molecule has 1 aromatic carbocycles. The van der Waals surface area contributed by atoms with Crippen LogP contribution in [0.15, 0.2) is 28.7 Å². The van der Waals surface area contributed by atoms with Gasteiger partial charge < -0.3 is 4.74 Å². The number of rotatable bonds is 3. The van der Waals surface area contributed by atoms with Crippen molar-refractivity contribution in [3.05, 3.63) is 34.3 Å². The van der Waals surface area contributed by atoms with Gasteiger partial charge in [0, 0.05) is 4.47 Å². The molecule has 0 saturated carbocycles. The number of carbonyl (C=O) groups is 1. The van der Waals surface area contributed by atoms with Crippen molar-refractivity contribution in [2.75, 3.05) is 6.61 Å². The first-order valence-electron chi connectivity index (χ1n) is 3.88. The number of halogens is 4. The minimum absolute atomic E-state index is 0.231. The minimum Gasteiger partial charge on any atom is -0.455 e. The summed E-state index contributed by atoms with van der Waals surface area (Å²) >= 11 is 5.26. The quantitative estimate of drug-likeness (QED) is 0.619. The average Bonchev–Trinajstić information content (AvgIpc) is 2.14. The Morgan fingerprint density at radius 1 is 1.33 bits per heavy atom. The van der Waals surface area contributed by atoms with Gasteiger partial charge in [-0.15, -0.1) is 0 Å². The topological polar surface area (TPSA) is 26.3 Å². The average molecular weight is 344 g/mol. The van der Waals surface area contributed by atoms with E-state index < -0.39 is 17.4 Å². The van der Waals surface area contributed by atoms with Crippen molar-refractivity contribution < 1.29 is 18.3 Å². The van der Waals surface area contributed by atoms with Crippen molar-refractivity contribution >= 4 is 37.8 Å². The summed E-state index contributed by atoms with van der Waals surface area (Å²) in [5.41, 5.74) is 0.231. The molecule has 0 fully saturated rings. The van der Waals surface area contributed by atoms with Gasteiger partial charge in [0.25, 0.3) is 0 Å². The van der Waals surface area contributed by atoms with E-state index in [0.29, 0.717) is 0 Å². The molecule has 15 heavy (non-hydrogen) atoms. The number of benzene rings is 1. The van der Waals surface area contributed by atoms with Crippen LogP contribution in [0, 0.1) is 0 Å². The van der Waals surface area contributed by atoms with Crippen LogP contribution in [-0.4, -0.2) is 17.4 Å². The Morgan fingerprint density at radius 2 is 1.87 bits per heavy atom. The predicted molar refractivity (Wildman–Crippen MR) is 58.3 cm³/mol. The molecule has 0 amide bonds. The molecule has 0 aliphatic carbocycles. The minimum atomic E-state index is -3.18. The highest BCUT2D eigenvalue weighted by Crippen LogP contribution is 2.22. The lowest BCUT2D eigenvalue weighted by molar-refractivity contribution is 0.00364. The molecular weight excluding hydrogens is 338 g/mol. The molecule has 2 nitrogen and oxygen atoms in total. The van der Waals surface area contributed by atoms with E-state index in [4.69, 9.17) is 0 Å². The van der Waals surface area contributed by atoms with Crippen LogP contribution in [-0.2, 0) is 4.74 Å². The van der Waals surface area contributed by atoms with E-state index in [9.17, 15) is 13.6 Å². The molecule has 0 bridgehead atoms. The number of ether oxygens (including phenoxy) is 1. The Bertz CT molecular complexity index is 346. The molecule has 0 radical (unpaired) electrons. The van der Waals surface area contributed by atoms with Crippen LogP contribution >= 0.6 is 31.9 Å². The molecule has 1 rings (SSSR count). The van der Waals surface area contributed by atoms with E-state index in [0.717, 1.165) is 4.47 Å². The van der Waals surface area contributed by atoms with Gasteiger partial charge in [-0.2, -0.15) is 8.78 Å². The summed E-state index contributed by atoms with van der Waals surface area (Å²) in [6.07, 6.45) is 0. The fraction of sp³-hybridized carbons (Fsp3) is 0.222. The van der Waals surface area contributed by atoms with E-state index in [-0.39, 0.29) is 5.56 Å². The van der Waals surface area contributed by atoms with E-state index in [1.165, 1.54) is 12.1 Å². The predicted octanol–water partition coefficient (Wildman–Crippen LogP) is 3.59. The van der Waals surface area contributed by atoms with Crippen LogP contribution in [0.3, 0.4) is 0 Å². The second-order valence-corrected chi connectivity index (χ2v) is 4.77. The smallest absolute Gasteiger partial charge is 0.338 e. The van der Waals surface area contributed by atoms with Gasteiger partial charge in [-0.25, -0.2) is 4.79 Å². The summed E-state index contributed by atoms with van der Waals surface area (Å²) in [5.74, 6) is -0.776. The molecule has 0 unspecified atom stereocenters. The molecule has 0 aliphatic rings. The zero-order valence-electron chi connectivity index (χ0n) is 7.34. The lowest BCUT2D eigenvalue weighted by Crippen LogP contribution is -2.18. The number of esters is 1. The zero-order valence-corrected chi connectivity index (χ0v) is 10.5. The van der Waals surface area contributed by atoms with Crippen molar-refractivity contribution in [2.45, 2.75) is 4.83 Å². The van der Waals surface area contributed by atoms with Crippen LogP contribution in [0.5, 0.6) is 0 Å². The molecule has 0 saturated heterocycles. The zero-order chi connectivity index (χ0) is 11.5. The molecule has 0 aliphatic heterocycles. The summed E-state index contributed by atoms with van der Waals surface area (Å²) in [7, 11) is 0. The van der Waals surface area contributed by atoms with Crippen molar-refractivity contribution in [2.24, 2.45) is 0 Å². The molecule has 0 aromatic heterocycles. The third kappa shape index (κ3) is 4.70. The summed E-state index contributed by atoms with van der Waals surface area (Å²) < 4.78 is 29.8. The monoisotopic (exact) mass is 342 g/mol. The molecule has 0 heterocycles. The Labute approximate surface area is 102 Å². The molecule has 82 valence electrons. The summed E-state index contributed by atoms with van der Waals surface area (Å²) in [5, 5.41) is 0. The van der Waals surface area contributed by atoms with Gasteiger partial charge in [0.15, 0.2) is 6.61 Å². The second kappa shape index (κ2) is 5.03. The van der Waals surface area contributed by atoms with Crippen LogP contribution < -0.4 is 0 Å². The lowest BCUT2D eigenvalue weighted by atomic mass is 10.2. The van der Waals surface area contributed by atoms with Crippen LogP contribution in [0.4, 0.5) is 8.78 Å². The van der Waals surface area contributed by atoms with Crippen molar-refractivity contribution in [3.63, 3.8) is 0 Å². The fourth-order valence-electron chi connectivity index (χ4n) is 0.817. The van der Waals surface area contributed by atoms with Crippen LogP contribution in [0.2, 0.25) is 0 Å². The SMILES string of the molecule is O=C(OCC(F)(F)Br)c1ccc(Br)cc1. The Kier molecular flexibility index (Phi) is 4.21. The first-order valence-corrected chi connectivity index (χ1v) is 5.46. The van der Waals surface area contributed by atoms with Gasteiger partial charge in [-0.05, 0) is 40.2 Å². The molecule has 0 atom stereocenters. The summed E-state index contributed by atoms with van der Waals surface area (Å²) in [6.45, 7) is -0.984. The van der Waals surface area contributed by atoms with Crippen LogP contribution in [0.25, 0.3) is 0 Å². The van der Waals surface area contributed by atoms with Gasteiger partial charge in [0.1, 0.15) is 0 Å². The van der Waals surface area contributed by atoms with E-state index >= 15 is 0 Å². The first kappa shape index (κ1) is 12.6. The first-order chi connectivity index (χ1) is 6.88. The highest BCUT2D eigenvalue weighted by Gasteiger charge is 2.26. The fourth-order valence-corrected chi connectivity index (χ4v) is 1.20. The third-order valence-electron chi connectivity index (χ3n) is 1.45. The second-order valence-electron chi connectivity index (χ2n) is 2.70. The number of carbonyl (C=O) groups excluding carboxylic acids is 1. The summed E-state index contributed by atoms with van der Waals surface area (Å²) in [6, 6.07) is 6.23. The van der Waals surface area contributed by atoms with E-state index in [1.54, 1.807) is 12.1 Å². The highest BCUT2D eigenvalue weighted by molar-refractivity contribution is 9.10. The Morgan fingerprint density at radius 3 is 2.33 bits per heavy atom. The lowest BCUT2D eigenvalue weighted by Gasteiger charge is -2.08. The number of alkyl halides is 3. The third-order valence-corrected chi connectivity index (χ3v) is 2.20. The number of hydrogen-bond donors (Lipinski definition) is 0. The maximum absolute atomic E-state index is 12.3.